The van der Waals surface area contributed by atoms with Gasteiger partial charge in [-0.15, -0.1) is 0 Å². The lowest BCUT2D eigenvalue weighted by Crippen LogP contribution is -2.63. The van der Waals surface area contributed by atoms with Gasteiger partial charge in [0.25, 0.3) is 0 Å². The van der Waals surface area contributed by atoms with Gasteiger partial charge in [-0.05, 0) is 59.0 Å². The largest absolute Gasteiger partial charge is 0.481 e. The monoisotopic (exact) mass is 878 g/mol. The Hall–Kier alpha value is -5.86. The van der Waals surface area contributed by atoms with E-state index in [1.54, 1.807) is 36.4 Å². The molecule has 8 atom stereocenters. The predicted octanol–water partition coefficient (Wildman–Crippen LogP) is 7.72. The van der Waals surface area contributed by atoms with Gasteiger partial charge in [0.05, 0.1) is 50.1 Å². The van der Waals surface area contributed by atoms with Crippen LogP contribution >= 0.6 is 0 Å². The molecule has 338 valence electrons. The number of piperidine rings is 2. The summed E-state index contributed by atoms with van der Waals surface area (Å²) in [5.41, 5.74) is 0.135. The number of benzene rings is 4. The summed E-state index contributed by atoms with van der Waals surface area (Å²) in [6, 6.07) is 18.4. The third-order valence-corrected chi connectivity index (χ3v) is 15.6. The highest BCUT2D eigenvalue weighted by molar-refractivity contribution is 5.94. The maximum absolute atomic E-state index is 14.0. The van der Waals surface area contributed by atoms with E-state index >= 15 is 0 Å². The molecule has 8 rings (SSSR count). The van der Waals surface area contributed by atoms with Crippen LogP contribution in [0.15, 0.2) is 60.7 Å². The van der Waals surface area contributed by atoms with Gasteiger partial charge in [-0.2, -0.15) is 0 Å². The molecule has 4 aliphatic heterocycles. The van der Waals surface area contributed by atoms with Crippen molar-refractivity contribution < 1.29 is 66.9 Å². The van der Waals surface area contributed by atoms with Crippen LogP contribution in [0.3, 0.4) is 0 Å². The maximum atomic E-state index is 14.0. The maximum Gasteiger partial charge on any atom is 0.310 e. The summed E-state index contributed by atoms with van der Waals surface area (Å²) in [5, 5.41) is 24.9. The van der Waals surface area contributed by atoms with Crippen LogP contribution in [0.25, 0.3) is 21.5 Å². The second kappa shape index (κ2) is 16.9. The van der Waals surface area contributed by atoms with Crippen molar-refractivity contribution in [3.63, 3.8) is 0 Å². The number of hydrogen-bond donors (Lipinski definition) is 2. The van der Waals surface area contributed by atoms with Crippen LogP contribution in [0, 0.1) is 17.3 Å². The number of fused-ring (bicyclic) bond motifs is 6. The zero-order valence-electron chi connectivity index (χ0n) is 37.4. The normalized spacial score (nSPS) is 28.0. The summed E-state index contributed by atoms with van der Waals surface area (Å²) in [4.78, 5) is 75.6. The van der Waals surface area contributed by atoms with Crippen LogP contribution in [0.4, 0.5) is 0 Å². The number of ether oxygens (including phenoxy) is 4. The van der Waals surface area contributed by atoms with Crippen molar-refractivity contribution in [1.82, 2.24) is 0 Å². The van der Waals surface area contributed by atoms with Crippen molar-refractivity contribution >= 4 is 57.4 Å². The molecule has 0 saturated carbocycles. The second-order valence-corrected chi connectivity index (χ2v) is 19.3. The number of carboxylic acids is 2. The summed E-state index contributed by atoms with van der Waals surface area (Å²) in [6.07, 6.45) is 5.18. The first-order chi connectivity index (χ1) is 30.3. The van der Waals surface area contributed by atoms with E-state index in [1.807, 2.05) is 24.3 Å². The van der Waals surface area contributed by atoms with Gasteiger partial charge >= 0.3 is 35.8 Å². The molecule has 0 aliphatic carbocycles. The summed E-state index contributed by atoms with van der Waals surface area (Å²) in [5.74, 6) is -3.32. The van der Waals surface area contributed by atoms with Crippen LogP contribution in [0.2, 0.25) is 0 Å². The van der Waals surface area contributed by atoms with Gasteiger partial charge in [0.2, 0.25) is 0 Å². The summed E-state index contributed by atoms with van der Waals surface area (Å²) >= 11 is 0. The highest BCUT2D eigenvalue weighted by Crippen LogP contribution is 2.59. The Kier molecular flexibility index (Phi) is 11.8. The Bertz CT molecular complexity index is 2400. The Morgan fingerprint density at radius 2 is 0.891 bits per heavy atom. The fourth-order valence-electron chi connectivity index (χ4n) is 12.8. The topological polar surface area (TPSA) is 180 Å². The van der Waals surface area contributed by atoms with Gasteiger partial charge in [0, 0.05) is 101 Å². The Morgan fingerprint density at radius 1 is 0.547 bits per heavy atom. The van der Waals surface area contributed by atoms with E-state index in [0.717, 1.165) is 47.6 Å². The minimum atomic E-state index is -1.48. The van der Waals surface area contributed by atoms with Crippen molar-refractivity contribution in [2.24, 2.45) is 17.3 Å². The fourth-order valence-corrected chi connectivity index (χ4v) is 12.8. The van der Waals surface area contributed by atoms with Crippen LogP contribution in [0.5, 0.6) is 23.0 Å². The Morgan fingerprint density at radius 3 is 1.20 bits per heavy atom. The smallest absolute Gasteiger partial charge is 0.310 e. The first kappa shape index (κ1) is 44.7. The molecule has 4 fully saturated rings. The SMILES string of the molecule is CC(=O)Oc1cc2c(OC(C)=O)cccc2cc1C[N+]1(C)[C@@H]2CC[C@H]1CC(C(CC(=O)O)(C(=O)O)C1C[C@H]3CC[C@@H](C1)[N+]3(C)Cc1cc3cccc(OC(C)=O)c3cc1OC(C)=O)C2. The van der Waals surface area contributed by atoms with Gasteiger partial charge in [-0.1, -0.05) is 24.3 Å². The molecule has 64 heavy (non-hydrogen) atoms. The average molecular weight is 879 g/mol. The first-order valence-electron chi connectivity index (χ1n) is 22.3. The molecule has 0 amide bonds. The molecule has 4 aliphatic rings. The van der Waals surface area contributed by atoms with Crippen LogP contribution < -0.4 is 18.9 Å². The number of carbonyl (C=O) groups excluding carboxylic acids is 4. The summed E-state index contributed by atoms with van der Waals surface area (Å²) in [7, 11) is 4.38. The highest BCUT2D eigenvalue weighted by Gasteiger charge is 2.64. The predicted molar refractivity (Wildman–Crippen MR) is 234 cm³/mol. The van der Waals surface area contributed by atoms with E-state index in [9.17, 15) is 39.0 Å². The highest BCUT2D eigenvalue weighted by atomic mass is 16.5. The minimum absolute atomic E-state index is 0.0415. The number of nitrogens with zero attached hydrogens (tertiary/aromatic N) is 2. The number of hydrogen-bond acceptors (Lipinski definition) is 10. The molecule has 14 nitrogen and oxygen atoms in total. The van der Waals surface area contributed by atoms with Crippen LogP contribution in [-0.4, -0.2) is 93.3 Å². The molecule has 4 saturated heterocycles. The van der Waals surface area contributed by atoms with Crippen LogP contribution in [-0.2, 0) is 41.9 Å². The Balaban J connectivity index is 1.09. The van der Waals surface area contributed by atoms with Crippen molar-refractivity contribution in [2.75, 3.05) is 14.1 Å². The number of carboxylic acid groups (broad SMARTS) is 2. The lowest BCUT2D eigenvalue weighted by Gasteiger charge is -2.55. The average Bonchev–Trinajstić information content (AvgIpc) is 3.43. The van der Waals surface area contributed by atoms with Gasteiger partial charge in [-0.3, -0.25) is 28.8 Å². The standard InChI is InChI=1S/C50H56N2O12/c1-28(53)61-44-11-7-9-32-17-34(46(23-42(32)44)63-30(3)55)26-51(5)38-13-14-39(51)20-36(19-38)50(49(59)60,25-48(57)58)37-21-40-15-16-41(22-37)52(40,6)27-35-18-33-10-8-12-45(62-29(2)54)43(33)24-47(35)64-31(4)56/h7-12,17-18,23-24,36-41H,13-16,19-22,25-27H2,1-6H3/p+2/t36?,37?,38-,39+,40-,41+,50?,51?,52?. The molecule has 4 bridgehead atoms. The summed E-state index contributed by atoms with van der Waals surface area (Å²) in [6.45, 7) is 6.37. The number of quaternary nitrogens is 2. The second-order valence-electron chi connectivity index (χ2n) is 19.3. The van der Waals surface area contributed by atoms with E-state index in [-0.39, 0.29) is 36.0 Å². The molecule has 4 heterocycles. The zero-order chi connectivity index (χ0) is 45.9. The van der Waals surface area contributed by atoms with Gasteiger partial charge in [0.1, 0.15) is 36.1 Å². The molecule has 0 spiro atoms. The zero-order valence-corrected chi connectivity index (χ0v) is 37.4. The van der Waals surface area contributed by atoms with Gasteiger partial charge in [0.15, 0.2) is 0 Å². The molecule has 14 heteroatoms. The van der Waals surface area contributed by atoms with Gasteiger partial charge < -0.3 is 38.1 Å². The summed E-state index contributed by atoms with van der Waals surface area (Å²) < 4.78 is 23.7. The lowest BCUT2D eigenvalue weighted by atomic mass is 9.57. The van der Waals surface area contributed by atoms with E-state index in [0.29, 0.717) is 81.5 Å². The van der Waals surface area contributed by atoms with E-state index in [2.05, 4.69) is 14.1 Å². The molecule has 4 unspecified atom stereocenters. The molecular weight excluding hydrogens is 821 g/mol. The number of aliphatic carboxylic acids is 2. The first-order valence-corrected chi connectivity index (χ1v) is 22.3. The molecular formula is C50H58N2O12+2. The van der Waals surface area contributed by atoms with E-state index in [1.165, 1.54) is 27.7 Å². The molecule has 0 aromatic heterocycles. The van der Waals surface area contributed by atoms with Crippen molar-refractivity contribution in [1.29, 1.82) is 0 Å². The van der Waals surface area contributed by atoms with Crippen molar-refractivity contribution in [2.45, 2.75) is 123 Å². The Labute approximate surface area is 372 Å². The molecule has 4 aromatic rings. The number of esters is 4. The molecule has 0 radical (unpaired) electrons. The van der Waals surface area contributed by atoms with E-state index < -0.39 is 47.7 Å². The number of rotatable bonds is 13. The van der Waals surface area contributed by atoms with Crippen molar-refractivity contribution in [3.05, 3.63) is 71.8 Å². The lowest BCUT2D eigenvalue weighted by molar-refractivity contribution is -0.963. The van der Waals surface area contributed by atoms with E-state index in [4.69, 9.17) is 18.9 Å². The third kappa shape index (κ3) is 8.10. The third-order valence-electron chi connectivity index (χ3n) is 15.6. The minimum Gasteiger partial charge on any atom is -0.481 e. The van der Waals surface area contributed by atoms with Crippen molar-refractivity contribution in [3.8, 4) is 23.0 Å². The van der Waals surface area contributed by atoms with Crippen LogP contribution in [0.1, 0.15) is 96.6 Å². The molecule has 2 N–H and O–H groups in total. The fraction of sp³-hybridized carbons (Fsp3) is 0.480. The quantitative estimate of drug-likeness (QED) is 0.0760. The molecule has 4 aromatic carbocycles. The van der Waals surface area contributed by atoms with Gasteiger partial charge in [-0.25, -0.2) is 0 Å². The number of carbonyl (C=O) groups is 6.